The number of rotatable bonds is 4. The zero-order chi connectivity index (χ0) is 14.7. The van der Waals surface area contributed by atoms with Crippen LogP contribution in [0.2, 0.25) is 0 Å². The molecule has 0 amide bonds. The molecule has 0 aliphatic rings. The van der Waals surface area contributed by atoms with Gasteiger partial charge in [-0.2, -0.15) is 0 Å². The van der Waals surface area contributed by atoms with Crippen molar-refractivity contribution in [3.63, 3.8) is 0 Å². The number of hydrogen-bond acceptors (Lipinski definition) is 5. The summed E-state index contributed by atoms with van der Waals surface area (Å²) in [7, 11) is 2.95. The van der Waals surface area contributed by atoms with E-state index in [0.29, 0.717) is 17.1 Å². The average Bonchev–Trinajstić information content (AvgIpc) is 2.46. The zero-order valence-corrected chi connectivity index (χ0v) is 10.8. The number of nitrogens with zero attached hydrogens (tertiary/aromatic N) is 1. The van der Waals surface area contributed by atoms with Crippen LogP contribution in [0.5, 0.6) is 11.5 Å². The molecular formula is C13H12N2O5. The normalized spacial score (nSPS) is 10.1. The minimum absolute atomic E-state index is 0.118. The number of benzene rings is 1. The van der Waals surface area contributed by atoms with E-state index >= 15 is 0 Å². The second-order valence-corrected chi connectivity index (χ2v) is 3.85. The summed E-state index contributed by atoms with van der Waals surface area (Å²) in [5.74, 6) is -0.255. The number of aromatic amines is 1. The first kappa shape index (κ1) is 13.6. The summed E-state index contributed by atoms with van der Waals surface area (Å²) in [6.45, 7) is 0. The summed E-state index contributed by atoms with van der Waals surface area (Å²) in [6.07, 6.45) is 1.01. The number of aromatic nitrogens is 2. The van der Waals surface area contributed by atoms with Crippen LogP contribution >= 0.6 is 0 Å². The summed E-state index contributed by atoms with van der Waals surface area (Å²) in [4.78, 5) is 28.4. The van der Waals surface area contributed by atoms with Gasteiger partial charge in [-0.1, -0.05) is 0 Å². The zero-order valence-electron chi connectivity index (χ0n) is 10.8. The van der Waals surface area contributed by atoms with Crippen LogP contribution in [-0.4, -0.2) is 35.3 Å². The first-order chi connectivity index (χ1) is 9.56. The second-order valence-electron chi connectivity index (χ2n) is 3.85. The van der Waals surface area contributed by atoms with Gasteiger partial charge in [0.05, 0.1) is 19.9 Å². The van der Waals surface area contributed by atoms with E-state index in [1.54, 1.807) is 18.2 Å². The average molecular weight is 276 g/mol. The number of nitrogens with one attached hydrogen (secondary N) is 1. The maximum atomic E-state index is 11.3. The largest absolute Gasteiger partial charge is 0.497 e. The van der Waals surface area contributed by atoms with Crippen molar-refractivity contribution in [3.8, 4) is 22.8 Å². The van der Waals surface area contributed by atoms with Gasteiger partial charge in [-0.05, 0) is 12.1 Å². The number of carboxylic acids is 1. The van der Waals surface area contributed by atoms with Gasteiger partial charge in [0.2, 0.25) is 0 Å². The van der Waals surface area contributed by atoms with Crippen LogP contribution in [-0.2, 0) is 0 Å². The Morgan fingerprint density at radius 3 is 2.65 bits per heavy atom. The second kappa shape index (κ2) is 5.43. The fourth-order valence-corrected chi connectivity index (χ4v) is 1.77. The van der Waals surface area contributed by atoms with Gasteiger partial charge in [0.1, 0.15) is 17.1 Å². The van der Waals surface area contributed by atoms with Crippen molar-refractivity contribution >= 4 is 5.97 Å². The Hall–Kier alpha value is -2.83. The minimum atomic E-state index is -1.19. The molecule has 0 saturated carbocycles. The van der Waals surface area contributed by atoms with E-state index in [-0.39, 0.29) is 11.3 Å². The first-order valence-corrected chi connectivity index (χ1v) is 5.62. The van der Waals surface area contributed by atoms with Crippen molar-refractivity contribution in [3.05, 3.63) is 40.4 Å². The number of hydrogen-bond donors (Lipinski definition) is 2. The maximum absolute atomic E-state index is 11.3. The smallest absolute Gasteiger partial charge is 0.345 e. The molecule has 0 aliphatic heterocycles. The van der Waals surface area contributed by atoms with Gasteiger partial charge in [-0.25, -0.2) is 14.6 Å². The van der Waals surface area contributed by atoms with Crippen molar-refractivity contribution < 1.29 is 19.4 Å². The van der Waals surface area contributed by atoms with E-state index in [1.807, 2.05) is 0 Å². The Kier molecular flexibility index (Phi) is 3.69. The predicted octanol–water partition coefficient (Wildman–Crippen LogP) is 1.15. The third-order valence-corrected chi connectivity index (χ3v) is 2.72. The molecule has 1 heterocycles. The van der Waals surface area contributed by atoms with Gasteiger partial charge in [0.15, 0.2) is 0 Å². The Morgan fingerprint density at radius 2 is 2.05 bits per heavy atom. The molecule has 2 aromatic rings. The Bertz CT molecular complexity index is 708. The highest BCUT2D eigenvalue weighted by Crippen LogP contribution is 2.33. The number of ether oxygens (including phenoxy) is 2. The monoisotopic (exact) mass is 276 g/mol. The summed E-state index contributed by atoms with van der Waals surface area (Å²) >= 11 is 0. The summed E-state index contributed by atoms with van der Waals surface area (Å²) < 4.78 is 10.3. The third-order valence-electron chi connectivity index (χ3n) is 2.72. The molecule has 0 bridgehead atoms. The minimum Gasteiger partial charge on any atom is -0.497 e. The van der Waals surface area contributed by atoms with Crippen LogP contribution < -0.4 is 15.2 Å². The molecule has 0 unspecified atom stereocenters. The fraction of sp³-hybridized carbons (Fsp3) is 0.154. The lowest BCUT2D eigenvalue weighted by Gasteiger charge is -2.11. The predicted molar refractivity (Wildman–Crippen MR) is 70.4 cm³/mol. The van der Waals surface area contributed by atoms with E-state index in [1.165, 1.54) is 14.2 Å². The molecule has 7 heteroatoms. The van der Waals surface area contributed by atoms with Crippen LogP contribution in [0.1, 0.15) is 10.4 Å². The number of methoxy groups -OCH3 is 2. The van der Waals surface area contributed by atoms with E-state index in [0.717, 1.165) is 6.20 Å². The first-order valence-electron chi connectivity index (χ1n) is 5.62. The van der Waals surface area contributed by atoms with Gasteiger partial charge in [-0.15, -0.1) is 0 Å². The van der Waals surface area contributed by atoms with Crippen molar-refractivity contribution in [2.45, 2.75) is 0 Å². The lowest BCUT2D eigenvalue weighted by molar-refractivity contribution is 0.0697. The number of carbonyl (C=O) groups is 1. The summed E-state index contributed by atoms with van der Waals surface area (Å²) in [5, 5.41) is 9.15. The molecule has 7 nitrogen and oxygen atoms in total. The molecule has 0 spiro atoms. The van der Waals surface area contributed by atoms with Gasteiger partial charge in [-0.3, -0.25) is 0 Å². The topological polar surface area (TPSA) is 102 Å². The molecule has 1 aromatic heterocycles. The van der Waals surface area contributed by atoms with Crippen molar-refractivity contribution in [1.29, 1.82) is 0 Å². The van der Waals surface area contributed by atoms with Crippen molar-refractivity contribution in [1.82, 2.24) is 9.97 Å². The lowest BCUT2D eigenvalue weighted by atomic mass is 10.1. The highest BCUT2D eigenvalue weighted by molar-refractivity contribution is 5.95. The third kappa shape index (κ3) is 2.46. The fourth-order valence-electron chi connectivity index (χ4n) is 1.77. The van der Waals surface area contributed by atoms with Crippen LogP contribution in [0.4, 0.5) is 0 Å². The molecule has 0 radical (unpaired) electrons. The standard InChI is InChI=1S/C13H12N2O5/c1-19-7-3-4-8(10(5-7)20-2)11-9(12(16)17)6-14-13(18)15-11/h3-6H,1-2H3,(H,16,17)(H,14,15,18). The SMILES string of the molecule is COc1ccc(-c2[nH]c(=O)ncc2C(=O)O)c(OC)c1. The summed E-state index contributed by atoms with van der Waals surface area (Å²) in [6, 6.07) is 4.84. The summed E-state index contributed by atoms with van der Waals surface area (Å²) in [5.41, 5.74) is -0.182. The van der Waals surface area contributed by atoms with Gasteiger partial charge in [0, 0.05) is 17.8 Å². The van der Waals surface area contributed by atoms with E-state index in [4.69, 9.17) is 14.6 Å². The molecule has 0 aliphatic carbocycles. The number of H-pyrrole nitrogens is 1. The molecule has 0 saturated heterocycles. The Balaban J connectivity index is 2.70. The van der Waals surface area contributed by atoms with Crippen molar-refractivity contribution in [2.75, 3.05) is 14.2 Å². The van der Waals surface area contributed by atoms with Gasteiger partial charge >= 0.3 is 11.7 Å². The number of carboxylic acid groups (broad SMARTS) is 1. The molecule has 104 valence electrons. The molecule has 2 rings (SSSR count). The lowest BCUT2D eigenvalue weighted by Crippen LogP contribution is -2.15. The number of aromatic carboxylic acids is 1. The Morgan fingerprint density at radius 1 is 1.30 bits per heavy atom. The molecular weight excluding hydrogens is 264 g/mol. The van der Waals surface area contributed by atoms with Crippen LogP contribution in [0.25, 0.3) is 11.3 Å². The van der Waals surface area contributed by atoms with E-state index < -0.39 is 11.7 Å². The Labute approximate surface area is 113 Å². The van der Waals surface area contributed by atoms with Crippen LogP contribution in [0.3, 0.4) is 0 Å². The highest BCUT2D eigenvalue weighted by atomic mass is 16.5. The maximum Gasteiger partial charge on any atom is 0.345 e. The highest BCUT2D eigenvalue weighted by Gasteiger charge is 2.17. The molecule has 0 atom stereocenters. The molecule has 20 heavy (non-hydrogen) atoms. The van der Waals surface area contributed by atoms with Crippen LogP contribution in [0, 0.1) is 0 Å². The van der Waals surface area contributed by atoms with Gasteiger partial charge in [0.25, 0.3) is 0 Å². The van der Waals surface area contributed by atoms with E-state index in [9.17, 15) is 9.59 Å². The van der Waals surface area contributed by atoms with Gasteiger partial charge < -0.3 is 19.6 Å². The van der Waals surface area contributed by atoms with E-state index in [2.05, 4.69) is 9.97 Å². The molecule has 0 fully saturated rings. The molecule has 2 N–H and O–H groups in total. The quantitative estimate of drug-likeness (QED) is 0.868. The van der Waals surface area contributed by atoms with Crippen LogP contribution in [0.15, 0.2) is 29.2 Å². The molecule has 1 aromatic carbocycles. The van der Waals surface area contributed by atoms with Crippen molar-refractivity contribution in [2.24, 2.45) is 0 Å².